The van der Waals surface area contributed by atoms with E-state index in [1.165, 1.54) is 12.4 Å². The largest absolute Gasteiger partial charge is 0.347 e. The van der Waals surface area contributed by atoms with Crippen molar-refractivity contribution in [2.24, 2.45) is 0 Å². The first-order chi connectivity index (χ1) is 8.58. The lowest BCUT2D eigenvalue weighted by molar-refractivity contribution is -0.384. The van der Waals surface area contributed by atoms with Crippen LogP contribution in [0.2, 0.25) is 0 Å². The zero-order valence-electron chi connectivity index (χ0n) is 10.1. The lowest BCUT2D eigenvalue weighted by Gasteiger charge is -2.05. The van der Waals surface area contributed by atoms with Gasteiger partial charge in [0.15, 0.2) is 0 Å². The third kappa shape index (κ3) is 2.45. The van der Waals surface area contributed by atoms with Crippen LogP contribution in [0.5, 0.6) is 0 Å². The average Bonchev–Trinajstić information content (AvgIpc) is 2.78. The molecule has 0 unspecified atom stereocenters. The van der Waals surface area contributed by atoms with E-state index in [0.29, 0.717) is 11.4 Å². The summed E-state index contributed by atoms with van der Waals surface area (Å²) in [5.41, 5.74) is 1.05. The Labute approximate surface area is 104 Å². The maximum Gasteiger partial charge on any atom is 0.310 e. The Morgan fingerprint density at radius 2 is 2.22 bits per heavy atom. The number of rotatable bonds is 4. The number of hydrogen-bond acceptors (Lipinski definition) is 5. The molecule has 94 valence electrons. The van der Waals surface area contributed by atoms with Gasteiger partial charge in [0, 0.05) is 18.4 Å². The number of anilines is 2. The molecule has 0 atom stereocenters. The van der Waals surface area contributed by atoms with Gasteiger partial charge < -0.3 is 5.32 Å². The lowest BCUT2D eigenvalue weighted by Crippen LogP contribution is -2.00. The first-order valence-electron chi connectivity index (χ1n) is 5.47. The van der Waals surface area contributed by atoms with Gasteiger partial charge in [-0.25, -0.2) is 0 Å². The Morgan fingerprint density at radius 1 is 1.44 bits per heavy atom. The van der Waals surface area contributed by atoms with Crippen LogP contribution >= 0.6 is 0 Å². The van der Waals surface area contributed by atoms with Crippen molar-refractivity contribution in [1.29, 1.82) is 0 Å². The smallest absolute Gasteiger partial charge is 0.310 e. The molecule has 1 N–H and O–H groups in total. The molecule has 0 radical (unpaired) electrons. The number of nitro groups is 1. The maximum atomic E-state index is 10.8. The summed E-state index contributed by atoms with van der Waals surface area (Å²) in [6, 6.07) is 1.80. The molecule has 0 spiro atoms. The third-order valence-corrected chi connectivity index (χ3v) is 2.41. The Morgan fingerprint density at radius 3 is 2.83 bits per heavy atom. The van der Waals surface area contributed by atoms with E-state index in [4.69, 9.17) is 0 Å². The fourth-order valence-electron chi connectivity index (χ4n) is 1.48. The van der Waals surface area contributed by atoms with Crippen LogP contribution in [0.25, 0.3) is 0 Å². The van der Waals surface area contributed by atoms with Crippen LogP contribution in [0.1, 0.15) is 19.9 Å². The van der Waals surface area contributed by atoms with Crippen LogP contribution in [0, 0.1) is 10.1 Å². The highest BCUT2D eigenvalue weighted by atomic mass is 16.6. The number of aromatic nitrogens is 3. The van der Waals surface area contributed by atoms with Crippen LogP contribution in [0.15, 0.2) is 30.9 Å². The summed E-state index contributed by atoms with van der Waals surface area (Å²) in [6.45, 7) is 4.01. The van der Waals surface area contributed by atoms with Crippen molar-refractivity contribution in [3.8, 4) is 0 Å². The number of hydrogen-bond donors (Lipinski definition) is 1. The van der Waals surface area contributed by atoms with Crippen LogP contribution in [0.4, 0.5) is 17.1 Å². The molecular weight excluding hydrogens is 234 g/mol. The van der Waals surface area contributed by atoms with E-state index >= 15 is 0 Å². The summed E-state index contributed by atoms with van der Waals surface area (Å²) in [5, 5.41) is 17.9. The van der Waals surface area contributed by atoms with E-state index in [0.717, 1.165) is 0 Å². The zero-order chi connectivity index (χ0) is 13.1. The molecule has 18 heavy (non-hydrogen) atoms. The van der Waals surface area contributed by atoms with Crippen molar-refractivity contribution >= 4 is 17.1 Å². The Kier molecular flexibility index (Phi) is 3.22. The topological polar surface area (TPSA) is 85.9 Å². The monoisotopic (exact) mass is 247 g/mol. The minimum absolute atomic E-state index is 0.0604. The normalized spacial score (nSPS) is 10.6. The van der Waals surface area contributed by atoms with Crippen LogP contribution in [0.3, 0.4) is 0 Å². The van der Waals surface area contributed by atoms with E-state index in [2.05, 4.69) is 15.4 Å². The summed E-state index contributed by atoms with van der Waals surface area (Å²) < 4.78 is 1.77. The summed E-state index contributed by atoms with van der Waals surface area (Å²) in [6.07, 6.45) is 6.15. The highest BCUT2D eigenvalue weighted by molar-refractivity contribution is 5.67. The Balaban J connectivity index is 2.25. The highest BCUT2D eigenvalue weighted by Gasteiger charge is 2.13. The minimum atomic E-state index is -0.470. The quantitative estimate of drug-likeness (QED) is 0.662. The molecule has 0 fully saturated rings. The van der Waals surface area contributed by atoms with Crippen molar-refractivity contribution in [3.63, 3.8) is 0 Å². The summed E-state index contributed by atoms with van der Waals surface area (Å²) in [4.78, 5) is 14.1. The van der Waals surface area contributed by atoms with Crippen molar-refractivity contribution in [2.45, 2.75) is 19.9 Å². The first kappa shape index (κ1) is 12.0. The van der Waals surface area contributed by atoms with E-state index in [1.807, 2.05) is 13.8 Å². The van der Waals surface area contributed by atoms with Gasteiger partial charge in [-0.1, -0.05) is 0 Å². The van der Waals surface area contributed by atoms with Gasteiger partial charge in [-0.15, -0.1) is 0 Å². The molecule has 0 aliphatic carbocycles. The predicted molar refractivity (Wildman–Crippen MR) is 66.8 cm³/mol. The molecule has 0 aliphatic rings. The second kappa shape index (κ2) is 4.82. The average molecular weight is 247 g/mol. The molecule has 0 saturated heterocycles. The highest BCUT2D eigenvalue weighted by Crippen LogP contribution is 2.25. The van der Waals surface area contributed by atoms with Gasteiger partial charge in [0.2, 0.25) is 0 Å². The second-order valence-electron chi connectivity index (χ2n) is 4.08. The van der Waals surface area contributed by atoms with E-state index < -0.39 is 4.92 Å². The zero-order valence-corrected chi connectivity index (χ0v) is 10.1. The number of nitrogens with one attached hydrogen (secondary N) is 1. The van der Waals surface area contributed by atoms with E-state index in [-0.39, 0.29) is 11.7 Å². The van der Waals surface area contributed by atoms with Crippen LogP contribution in [-0.4, -0.2) is 19.7 Å². The summed E-state index contributed by atoms with van der Waals surface area (Å²) >= 11 is 0. The SMILES string of the molecule is CC(C)n1cc(Nc2ccncc2[N+](=O)[O-])cn1. The van der Waals surface area contributed by atoms with Gasteiger partial charge >= 0.3 is 5.69 Å². The second-order valence-corrected chi connectivity index (χ2v) is 4.08. The molecule has 0 aromatic carbocycles. The summed E-state index contributed by atoms with van der Waals surface area (Å²) in [7, 11) is 0. The van der Waals surface area contributed by atoms with Crippen LogP contribution in [-0.2, 0) is 0 Å². The maximum absolute atomic E-state index is 10.8. The van der Waals surface area contributed by atoms with Gasteiger partial charge in [-0.3, -0.25) is 19.8 Å². The molecule has 2 aromatic rings. The summed E-state index contributed by atoms with van der Waals surface area (Å²) in [5.74, 6) is 0. The van der Waals surface area contributed by atoms with E-state index in [9.17, 15) is 10.1 Å². The van der Waals surface area contributed by atoms with Gasteiger partial charge in [0.25, 0.3) is 0 Å². The predicted octanol–water partition coefficient (Wildman–Crippen LogP) is 2.51. The molecule has 2 aromatic heterocycles. The van der Waals surface area contributed by atoms with Crippen molar-refractivity contribution in [1.82, 2.24) is 14.8 Å². The molecule has 2 heterocycles. The molecule has 7 nitrogen and oxygen atoms in total. The Bertz CT molecular complexity index is 564. The molecule has 0 aliphatic heterocycles. The number of pyridine rings is 1. The fourth-order valence-corrected chi connectivity index (χ4v) is 1.48. The van der Waals surface area contributed by atoms with Gasteiger partial charge in [0.1, 0.15) is 11.9 Å². The van der Waals surface area contributed by atoms with Gasteiger partial charge in [-0.2, -0.15) is 5.10 Å². The molecule has 2 rings (SSSR count). The number of nitrogens with zero attached hydrogens (tertiary/aromatic N) is 4. The van der Waals surface area contributed by atoms with Gasteiger partial charge in [0.05, 0.1) is 16.8 Å². The molecule has 0 bridgehead atoms. The third-order valence-electron chi connectivity index (χ3n) is 2.41. The lowest BCUT2D eigenvalue weighted by atomic mass is 10.3. The minimum Gasteiger partial charge on any atom is -0.347 e. The first-order valence-corrected chi connectivity index (χ1v) is 5.47. The van der Waals surface area contributed by atoms with E-state index in [1.54, 1.807) is 23.1 Å². The molecule has 7 heteroatoms. The van der Waals surface area contributed by atoms with Crippen LogP contribution < -0.4 is 5.32 Å². The van der Waals surface area contributed by atoms with Crippen molar-refractivity contribution in [2.75, 3.05) is 5.32 Å². The van der Waals surface area contributed by atoms with Gasteiger partial charge in [-0.05, 0) is 19.9 Å². The molecule has 0 saturated carbocycles. The molecule has 0 amide bonds. The van der Waals surface area contributed by atoms with Crippen molar-refractivity contribution in [3.05, 3.63) is 41.0 Å². The standard InChI is InChI=1S/C11H13N5O2/c1-8(2)15-7-9(5-13-15)14-10-3-4-12-6-11(10)16(17)18/h3-8H,1-2H3,(H,12,14). The van der Waals surface area contributed by atoms with Crippen molar-refractivity contribution < 1.29 is 4.92 Å². The Hall–Kier alpha value is -2.44. The fraction of sp³-hybridized carbons (Fsp3) is 0.273. The molecular formula is C11H13N5O2.